The number of nitrogens with one attached hydrogen (secondary N) is 2. The highest BCUT2D eigenvalue weighted by atomic mass is 16.5. The molecule has 2 amide bonds. The fourth-order valence-corrected chi connectivity index (χ4v) is 1.78. The largest absolute Gasteiger partial charge is 0.481 e. The normalized spacial score (nSPS) is 18.4. The zero-order valence-corrected chi connectivity index (χ0v) is 10.1. The van der Waals surface area contributed by atoms with Crippen LogP contribution in [0.2, 0.25) is 0 Å². The quantitative estimate of drug-likeness (QED) is 0.660. The smallest absolute Gasteiger partial charge is 0.314 e. The van der Waals surface area contributed by atoms with Crippen LogP contribution < -0.4 is 10.6 Å². The van der Waals surface area contributed by atoms with Gasteiger partial charge in [0, 0.05) is 26.3 Å². The SMILES string of the molecule is CCCNC(=O)NCC1(C(=O)O)CCOCC1. The van der Waals surface area contributed by atoms with E-state index in [9.17, 15) is 14.7 Å². The van der Waals surface area contributed by atoms with Crippen molar-refractivity contribution in [2.45, 2.75) is 26.2 Å². The van der Waals surface area contributed by atoms with Crippen LogP contribution in [0.15, 0.2) is 0 Å². The summed E-state index contributed by atoms with van der Waals surface area (Å²) < 4.78 is 5.15. The molecule has 1 heterocycles. The van der Waals surface area contributed by atoms with Crippen LogP contribution in [0.1, 0.15) is 26.2 Å². The van der Waals surface area contributed by atoms with E-state index < -0.39 is 11.4 Å². The molecule has 1 aliphatic rings. The van der Waals surface area contributed by atoms with E-state index in [1.54, 1.807) is 0 Å². The summed E-state index contributed by atoms with van der Waals surface area (Å²) in [5.41, 5.74) is -0.873. The number of aliphatic carboxylic acids is 1. The molecule has 1 saturated heterocycles. The van der Waals surface area contributed by atoms with Gasteiger partial charge in [-0.05, 0) is 19.3 Å². The van der Waals surface area contributed by atoms with Crippen molar-refractivity contribution < 1.29 is 19.4 Å². The van der Waals surface area contributed by atoms with Crippen LogP contribution in [0.3, 0.4) is 0 Å². The Morgan fingerprint density at radius 1 is 1.29 bits per heavy atom. The lowest BCUT2D eigenvalue weighted by molar-refractivity contribution is -0.154. The molecule has 0 aliphatic carbocycles. The maximum atomic E-state index is 11.4. The highest BCUT2D eigenvalue weighted by molar-refractivity contribution is 5.78. The highest BCUT2D eigenvalue weighted by Gasteiger charge is 2.40. The molecule has 6 heteroatoms. The first-order chi connectivity index (χ1) is 8.10. The minimum atomic E-state index is -0.873. The molecule has 0 saturated carbocycles. The molecule has 98 valence electrons. The van der Waals surface area contributed by atoms with Gasteiger partial charge in [0.05, 0.1) is 5.41 Å². The van der Waals surface area contributed by atoms with Crippen LogP contribution in [-0.4, -0.2) is 43.4 Å². The van der Waals surface area contributed by atoms with E-state index in [0.29, 0.717) is 32.6 Å². The van der Waals surface area contributed by atoms with Gasteiger partial charge in [0.1, 0.15) is 0 Å². The summed E-state index contributed by atoms with van der Waals surface area (Å²) in [6, 6.07) is -0.307. The highest BCUT2D eigenvalue weighted by Crippen LogP contribution is 2.29. The van der Waals surface area contributed by atoms with Gasteiger partial charge in [-0.15, -0.1) is 0 Å². The third kappa shape index (κ3) is 3.89. The first-order valence-corrected chi connectivity index (χ1v) is 5.93. The average Bonchev–Trinajstić information content (AvgIpc) is 2.34. The molecule has 0 aromatic heterocycles. The van der Waals surface area contributed by atoms with Crippen molar-refractivity contribution in [3.05, 3.63) is 0 Å². The van der Waals surface area contributed by atoms with Crippen LogP contribution in [-0.2, 0) is 9.53 Å². The van der Waals surface area contributed by atoms with Crippen LogP contribution in [0.5, 0.6) is 0 Å². The van der Waals surface area contributed by atoms with Crippen molar-refractivity contribution in [2.24, 2.45) is 5.41 Å². The molecule has 0 unspecified atom stereocenters. The Bertz CT molecular complexity index is 275. The van der Waals surface area contributed by atoms with Crippen LogP contribution in [0.25, 0.3) is 0 Å². The number of carboxylic acid groups (broad SMARTS) is 1. The molecular weight excluding hydrogens is 224 g/mol. The molecule has 6 nitrogen and oxygen atoms in total. The Balaban J connectivity index is 2.44. The van der Waals surface area contributed by atoms with Crippen molar-refractivity contribution >= 4 is 12.0 Å². The van der Waals surface area contributed by atoms with Crippen molar-refractivity contribution in [1.29, 1.82) is 0 Å². The molecule has 3 N–H and O–H groups in total. The number of ether oxygens (including phenoxy) is 1. The van der Waals surface area contributed by atoms with Gasteiger partial charge in [-0.2, -0.15) is 0 Å². The third-order valence-electron chi connectivity index (χ3n) is 3.03. The van der Waals surface area contributed by atoms with Gasteiger partial charge >= 0.3 is 12.0 Å². The molecule has 1 fully saturated rings. The van der Waals surface area contributed by atoms with E-state index in [-0.39, 0.29) is 12.6 Å². The fourth-order valence-electron chi connectivity index (χ4n) is 1.78. The Hall–Kier alpha value is -1.30. The van der Waals surface area contributed by atoms with Gasteiger partial charge < -0.3 is 20.5 Å². The number of carbonyl (C=O) groups is 2. The molecular formula is C11H20N2O4. The van der Waals surface area contributed by atoms with E-state index in [0.717, 1.165) is 6.42 Å². The van der Waals surface area contributed by atoms with Gasteiger partial charge in [0.2, 0.25) is 0 Å². The second-order valence-corrected chi connectivity index (χ2v) is 4.31. The Morgan fingerprint density at radius 3 is 2.47 bits per heavy atom. The second-order valence-electron chi connectivity index (χ2n) is 4.31. The van der Waals surface area contributed by atoms with Crippen molar-refractivity contribution in [2.75, 3.05) is 26.3 Å². The zero-order valence-electron chi connectivity index (χ0n) is 10.1. The predicted molar refractivity (Wildman–Crippen MR) is 61.8 cm³/mol. The molecule has 1 rings (SSSR count). The van der Waals surface area contributed by atoms with Gasteiger partial charge in [0.15, 0.2) is 0 Å². The number of hydrogen-bond donors (Lipinski definition) is 3. The Kier molecular flexibility index (Phi) is 5.21. The summed E-state index contributed by atoms with van der Waals surface area (Å²) in [6.45, 7) is 3.57. The van der Waals surface area contributed by atoms with E-state index >= 15 is 0 Å². The zero-order chi connectivity index (χ0) is 12.7. The molecule has 0 atom stereocenters. The average molecular weight is 244 g/mol. The van der Waals surface area contributed by atoms with Crippen LogP contribution >= 0.6 is 0 Å². The van der Waals surface area contributed by atoms with Crippen molar-refractivity contribution in [1.82, 2.24) is 10.6 Å². The number of carbonyl (C=O) groups excluding carboxylic acids is 1. The second kappa shape index (κ2) is 6.44. The maximum Gasteiger partial charge on any atom is 0.314 e. The Labute approximate surface area is 101 Å². The number of carboxylic acids is 1. The topological polar surface area (TPSA) is 87.7 Å². The number of amides is 2. The first kappa shape index (κ1) is 13.8. The molecule has 1 aliphatic heterocycles. The number of urea groups is 1. The summed E-state index contributed by atoms with van der Waals surface area (Å²) in [4.78, 5) is 22.6. The van der Waals surface area contributed by atoms with Crippen LogP contribution in [0, 0.1) is 5.41 Å². The fraction of sp³-hybridized carbons (Fsp3) is 0.818. The lowest BCUT2D eigenvalue weighted by Crippen LogP contribution is -2.48. The summed E-state index contributed by atoms with van der Waals surface area (Å²) in [5, 5.41) is 14.5. The van der Waals surface area contributed by atoms with Crippen molar-refractivity contribution in [3.63, 3.8) is 0 Å². The first-order valence-electron chi connectivity index (χ1n) is 5.93. The molecule has 0 radical (unpaired) electrons. The lowest BCUT2D eigenvalue weighted by Gasteiger charge is -2.33. The van der Waals surface area contributed by atoms with E-state index in [1.807, 2.05) is 6.92 Å². The minimum absolute atomic E-state index is 0.154. The summed E-state index contributed by atoms with van der Waals surface area (Å²) in [5.74, 6) is -0.864. The Morgan fingerprint density at radius 2 is 1.94 bits per heavy atom. The lowest BCUT2D eigenvalue weighted by atomic mass is 9.80. The van der Waals surface area contributed by atoms with Gasteiger partial charge in [-0.3, -0.25) is 4.79 Å². The molecule has 0 spiro atoms. The van der Waals surface area contributed by atoms with Crippen molar-refractivity contribution in [3.8, 4) is 0 Å². The number of rotatable bonds is 5. The third-order valence-corrected chi connectivity index (χ3v) is 3.03. The molecule has 0 bridgehead atoms. The minimum Gasteiger partial charge on any atom is -0.481 e. The van der Waals surface area contributed by atoms with E-state index in [1.165, 1.54) is 0 Å². The summed E-state index contributed by atoms with van der Waals surface area (Å²) in [7, 11) is 0. The monoisotopic (exact) mass is 244 g/mol. The molecule has 0 aromatic rings. The van der Waals surface area contributed by atoms with Crippen LogP contribution in [0.4, 0.5) is 4.79 Å². The number of hydrogen-bond acceptors (Lipinski definition) is 3. The van der Waals surface area contributed by atoms with E-state index in [4.69, 9.17) is 4.74 Å². The predicted octanol–water partition coefficient (Wildman–Crippen LogP) is 0.577. The summed E-state index contributed by atoms with van der Waals surface area (Å²) >= 11 is 0. The maximum absolute atomic E-state index is 11.4. The standard InChI is InChI=1S/C11H20N2O4/c1-2-5-12-10(16)13-8-11(9(14)15)3-6-17-7-4-11/h2-8H2,1H3,(H,14,15)(H2,12,13,16). The van der Waals surface area contributed by atoms with Gasteiger partial charge in [0.25, 0.3) is 0 Å². The van der Waals surface area contributed by atoms with Gasteiger partial charge in [-0.1, -0.05) is 6.92 Å². The molecule has 17 heavy (non-hydrogen) atoms. The molecule has 0 aromatic carbocycles. The summed E-state index contributed by atoms with van der Waals surface area (Å²) in [6.07, 6.45) is 1.73. The van der Waals surface area contributed by atoms with E-state index in [2.05, 4.69) is 10.6 Å². The van der Waals surface area contributed by atoms with Gasteiger partial charge in [-0.25, -0.2) is 4.79 Å².